The van der Waals surface area contributed by atoms with Gasteiger partial charge in [0.2, 0.25) is 0 Å². The minimum Gasteiger partial charge on any atom is -0.373 e. The van der Waals surface area contributed by atoms with Crippen molar-refractivity contribution in [3.05, 3.63) is 48.4 Å². The lowest BCUT2D eigenvalue weighted by molar-refractivity contribution is 0.0979. The first kappa shape index (κ1) is 15.6. The molecule has 0 aliphatic carbocycles. The zero-order chi connectivity index (χ0) is 17.6. The summed E-state index contributed by atoms with van der Waals surface area (Å²) in [4.78, 5) is 26.3. The predicted octanol–water partition coefficient (Wildman–Crippen LogP) is 2.84. The SMILES string of the molecule is CC1CCN(C)c2ccccc2N1C(=O)c1ccnc2c1ncn2C. The highest BCUT2D eigenvalue weighted by atomic mass is 16.2. The Labute approximate surface area is 146 Å². The number of hydrogen-bond acceptors (Lipinski definition) is 4. The number of anilines is 2. The van der Waals surface area contributed by atoms with Crippen molar-refractivity contribution in [2.75, 3.05) is 23.4 Å². The number of aryl methyl sites for hydroxylation is 1. The number of nitrogens with zero attached hydrogens (tertiary/aromatic N) is 5. The van der Waals surface area contributed by atoms with Crippen LogP contribution in [0.4, 0.5) is 11.4 Å². The number of carbonyl (C=O) groups is 1. The van der Waals surface area contributed by atoms with Crippen molar-refractivity contribution < 1.29 is 4.79 Å². The average Bonchev–Trinajstić information content (AvgIpc) is 2.95. The van der Waals surface area contributed by atoms with Crippen LogP contribution in [-0.2, 0) is 7.05 Å². The van der Waals surface area contributed by atoms with Crippen LogP contribution >= 0.6 is 0 Å². The molecule has 1 amide bonds. The molecule has 0 spiro atoms. The smallest absolute Gasteiger partial charge is 0.260 e. The van der Waals surface area contributed by atoms with Crippen LogP contribution in [0.2, 0.25) is 0 Å². The Bertz CT molecular complexity index is 948. The summed E-state index contributed by atoms with van der Waals surface area (Å²) >= 11 is 0. The van der Waals surface area contributed by atoms with Gasteiger partial charge in [0.1, 0.15) is 5.52 Å². The van der Waals surface area contributed by atoms with Gasteiger partial charge in [0, 0.05) is 32.9 Å². The zero-order valence-electron chi connectivity index (χ0n) is 14.7. The standard InChI is InChI=1S/C19H21N5O/c1-13-9-11-22(2)15-6-4-5-7-16(15)24(13)19(25)14-8-10-20-18-17(14)21-12-23(18)3/h4-8,10,12-13H,9,11H2,1-3H3. The molecule has 0 saturated carbocycles. The van der Waals surface area contributed by atoms with Gasteiger partial charge in [-0.25, -0.2) is 9.97 Å². The molecule has 3 heterocycles. The second-order valence-corrected chi connectivity index (χ2v) is 6.61. The maximum atomic E-state index is 13.5. The Morgan fingerprint density at radius 3 is 2.68 bits per heavy atom. The molecule has 25 heavy (non-hydrogen) atoms. The van der Waals surface area contributed by atoms with Crippen molar-refractivity contribution >= 4 is 28.4 Å². The number of hydrogen-bond donors (Lipinski definition) is 0. The third-order valence-corrected chi connectivity index (χ3v) is 4.92. The molecule has 1 unspecified atom stereocenters. The van der Waals surface area contributed by atoms with Crippen LogP contribution in [0.1, 0.15) is 23.7 Å². The minimum atomic E-state index is -0.0265. The first-order valence-corrected chi connectivity index (χ1v) is 8.47. The normalized spacial score (nSPS) is 17.5. The summed E-state index contributed by atoms with van der Waals surface area (Å²) in [6, 6.07) is 9.94. The van der Waals surface area contributed by atoms with Crippen molar-refractivity contribution in [3.63, 3.8) is 0 Å². The van der Waals surface area contributed by atoms with Crippen LogP contribution < -0.4 is 9.80 Å². The van der Waals surface area contributed by atoms with Gasteiger partial charge in [0.25, 0.3) is 5.91 Å². The van der Waals surface area contributed by atoms with Crippen LogP contribution in [0, 0.1) is 0 Å². The van der Waals surface area contributed by atoms with Crippen LogP contribution in [0.15, 0.2) is 42.9 Å². The fourth-order valence-electron chi connectivity index (χ4n) is 3.50. The highest BCUT2D eigenvalue weighted by molar-refractivity contribution is 6.13. The molecule has 2 aromatic heterocycles. The van der Waals surface area contributed by atoms with Gasteiger partial charge in [0.15, 0.2) is 5.65 Å². The van der Waals surface area contributed by atoms with E-state index in [9.17, 15) is 4.79 Å². The minimum absolute atomic E-state index is 0.0265. The lowest BCUT2D eigenvalue weighted by Crippen LogP contribution is -2.38. The number of benzene rings is 1. The van der Waals surface area contributed by atoms with E-state index in [4.69, 9.17) is 0 Å². The Hall–Kier alpha value is -2.89. The first-order valence-electron chi connectivity index (χ1n) is 8.47. The Balaban J connectivity index is 1.87. The van der Waals surface area contributed by atoms with E-state index in [0.717, 1.165) is 30.0 Å². The van der Waals surface area contributed by atoms with Crippen LogP contribution in [0.25, 0.3) is 11.2 Å². The predicted molar refractivity (Wildman–Crippen MR) is 99.1 cm³/mol. The summed E-state index contributed by atoms with van der Waals surface area (Å²) < 4.78 is 1.83. The number of imidazole rings is 1. The Morgan fingerprint density at radius 1 is 1.12 bits per heavy atom. The fourth-order valence-corrected chi connectivity index (χ4v) is 3.50. The summed E-state index contributed by atoms with van der Waals surface area (Å²) in [5.74, 6) is -0.0265. The Kier molecular flexibility index (Phi) is 3.67. The molecule has 0 radical (unpaired) electrons. The van der Waals surface area contributed by atoms with Gasteiger partial charge >= 0.3 is 0 Å². The van der Waals surface area contributed by atoms with Crippen molar-refractivity contribution in [2.24, 2.45) is 7.05 Å². The maximum absolute atomic E-state index is 13.5. The number of carbonyl (C=O) groups excluding carboxylic acids is 1. The summed E-state index contributed by atoms with van der Waals surface area (Å²) in [6.07, 6.45) is 4.28. The number of pyridine rings is 1. The van der Waals surface area contributed by atoms with E-state index >= 15 is 0 Å². The summed E-state index contributed by atoms with van der Waals surface area (Å²) in [6.45, 7) is 3.02. The third-order valence-electron chi connectivity index (χ3n) is 4.92. The van der Waals surface area contributed by atoms with Gasteiger partial charge in [-0.2, -0.15) is 0 Å². The average molecular weight is 335 g/mol. The largest absolute Gasteiger partial charge is 0.373 e. The van der Waals surface area contributed by atoms with Gasteiger partial charge in [-0.1, -0.05) is 12.1 Å². The number of rotatable bonds is 1. The molecule has 0 fully saturated rings. The lowest BCUT2D eigenvalue weighted by Gasteiger charge is -2.28. The van der Waals surface area contributed by atoms with E-state index in [1.807, 2.05) is 34.7 Å². The van der Waals surface area contributed by atoms with E-state index in [1.54, 1.807) is 18.6 Å². The molecular weight excluding hydrogens is 314 g/mol. The van der Waals surface area contributed by atoms with Gasteiger partial charge in [-0.3, -0.25) is 4.79 Å². The molecule has 6 heteroatoms. The van der Waals surface area contributed by atoms with Crippen molar-refractivity contribution in [2.45, 2.75) is 19.4 Å². The van der Waals surface area contributed by atoms with E-state index in [-0.39, 0.29) is 11.9 Å². The molecule has 3 aromatic rings. The molecule has 6 nitrogen and oxygen atoms in total. The second-order valence-electron chi connectivity index (χ2n) is 6.61. The van der Waals surface area contributed by atoms with Gasteiger partial charge in [0.05, 0.1) is 23.3 Å². The zero-order valence-corrected chi connectivity index (χ0v) is 14.7. The topological polar surface area (TPSA) is 54.3 Å². The molecule has 0 N–H and O–H groups in total. The van der Waals surface area contributed by atoms with E-state index in [2.05, 4.69) is 34.9 Å². The quantitative estimate of drug-likeness (QED) is 0.686. The highest BCUT2D eigenvalue weighted by Crippen LogP contribution is 2.35. The molecule has 0 saturated heterocycles. The number of fused-ring (bicyclic) bond motifs is 2. The summed E-state index contributed by atoms with van der Waals surface area (Å²) in [5.41, 5.74) is 3.99. The fraction of sp³-hybridized carbons (Fsp3) is 0.316. The molecule has 1 aromatic carbocycles. The van der Waals surface area contributed by atoms with Crippen molar-refractivity contribution in [3.8, 4) is 0 Å². The van der Waals surface area contributed by atoms with Crippen LogP contribution in [0.5, 0.6) is 0 Å². The van der Waals surface area contributed by atoms with Gasteiger partial charge < -0.3 is 14.4 Å². The van der Waals surface area contributed by atoms with Crippen LogP contribution in [-0.4, -0.2) is 40.1 Å². The number of para-hydroxylation sites is 2. The molecule has 1 atom stereocenters. The van der Waals surface area contributed by atoms with Crippen molar-refractivity contribution in [1.29, 1.82) is 0 Å². The van der Waals surface area contributed by atoms with E-state index in [0.29, 0.717) is 11.1 Å². The Morgan fingerprint density at radius 2 is 1.88 bits per heavy atom. The molecule has 1 aliphatic heterocycles. The van der Waals surface area contributed by atoms with Crippen molar-refractivity contribution in [1.82, 2.24) is 14.5 Å². The highest BCUT2D eigenvalue weighted by Gasteiger charge is 2.30. The van der Waals surface area contributed by atoms with E-state index < -0.39 is 0 Å². The maximum Gasteiger partial charge on any atom is 0.260 e. The monoisotopic (exact) mass is 335 g/mol. The number of aromatic nitrogens is 3. The molecule has 1 aliphatic rings. The molecule has 0 bridgehead atoms. The molecular formula is C19H21N5O. The molecule has 128 valence electrons. The summed E-state index contributed by atoms with van der Waals surface area (Å²) in [7, 11) is 3.96. The third kappa shape index (κ3) is 2.45. The van der Waals surface area contributed by atoms with Gasteiger partial charge in [-0.15, -0.1) is 0 Å². The van der Waals surface area contributed by atoms with Crippen LogP contribution in [0.3, 0.4) is 0 Å². The van der Waals surface area contributed by atoms with E-state index in [1.165, 1.54) is 0 Å². The lowest BCUT2D eigenvalue weighted by atomic mass is 10.1. The molecule has 4 rings (SSSR count). The number of amides is 1. The summed E-state index contributed by atoms with van der Waals surface area (Å²) in [5, 5.41) is 0. The first-order chi connectivity index (χ1) is 12.1. The van der Waals surface area contributed by atoms with Gasteiger partial charge in [-0.05, 0) is 31.5 Å². The second kappa shape index (κ2) is 5.88.